The number of halogens is 3. The summed E-state index contributed by atoms with van der Waals surface area (Å²) in [6, 6.07) is 8.26. The maximum atomic E-state index is 13.0. The normalized spacial score (nSPS) is 15.8. The van der Waals surface area contributed by atoms with E-state index in [4.69, 9.17) is 9.90 Å². The second-order valence-corrected chi connectivity index (χ2v) is 10.1. The van der Waals surface area contributed by atoms with E-state index in [-0.39, 0.29) is 5.91 Å². The Morgan fingerprint density at radius 1 is 1.16 bits per heavy atom. The molecule has 0 unspecified atom stereocenters. The van der Waals surface area contributed by atoms with Gasteiger partial charge in [-0.2, -0.15) is 18.3 Å². The number of hydrogen-bond acceptors (Lipinski definition) is 6. The molecule has 5 rings (SSSR count). The highest BCUT2D eigenvalue weighted by molar-refractivity contribution is 7.09. The minimum atomic E-state index is -5.08. The number of aromatic nitrogens is 3. The Morgan fingerprint density at radius 2 is 1.92 bits per heavy atom. The molecule has 0 aromatic carbocycles. The number of fused-ring (bicyclic) bond motifs is 3. The molecule has 0 radical (unpaired) electrons. The predicted molar refractivity (Wildman–Crippen MR) is 131 cm³/mol. The summed E-state index contributed by atoms with van der Waals surface area (Å²) >= 11 is 1.72. The van der Waals surface area contributed by atoms with E-state index in [0.717, 1.165) is 43.5 Å². The third kappa shape index (κ3) is 6.95. The number of carbonyl (C=O) groups excluding carboxylic acids is 1. The molecule has 0 spiro atoms. The Kier molecular flexibility index (Phi) is 8.59. The minimum Gasteiger partial charge on any atom is -0.475 e. The Morgan fingerprint density at radius 3 is 2.59 bits per heavy atom. The molecule has 2 N–H and O–H groups in total. The van der Waals surface area contributed by atoms with Crippen molar-refractivity contribution in [2.24, 2.45) is 5.92 Å². The average molecular weight is 536 g/mol. The number of aliphatic carboxylic acids is 1. The molecule has 0 bridgehead atoms. The van der Waals surface area contributed by atoms with Crippen LogP contribution < -0.4 is 5.32 Å². The maximum absolute atomic E-state index is 13.0. The predicted octanol–water partition coefficient (Wildman–Crippen LogP) is 4.44. The van der Waals surface area contributed by atoms with Gasteiger partial charge >= 0.3 is 12.1 Å². The standard InChI is InChI=1S/C23H27N5OS.C2HF3O2/c29-23(25-11-9-19-8-4-12-30-19)20-13-26-28-21(20)16-27(14-17-5-1-2-6-17)15-18-7-3-10-24-22(18)28;3-2(4,5)1(6)7/h3-4,7-8,10,12-13,17H,1-2,5-6,9,11,14-16H2,(H,25,29);(H,6,7). The van der Waals surface area contributed by atoms with E-state index in [1.54, 1.807) is 23.7 Å². The Labute approximate surface area is 216 Å². The van der Waals surface area contributed by atoms with Gasteiger partial charge in [-0.1, -0.05) is 25.0 Å². The molecule has 198 valence electrons. The number of nitrogens with one attached hydrogen (secondary N) is 1. The molecule has 4 heterocycles. The highest BCUT2D eigenvalue weighted by atomic mass is 32.1. The monoisotopic (exact) mass is 535 g/mol. The Balaban J connectivity index is 0.000000405. The van der Waals surface area contributed by atoms with Gasteiger partial charge in [-0.25, -0.2) is 14.5 Å². The Bertz CT molecular complexity index is 1210. The molecule has 8 nitrogen and oxygen atoms in total. The first-order valence-electron chi connectivity index (χ1n) is 12.1. The summed E-state index contributed by atoms with van der Waals surface area (Å²) in [4.78, 5) is 30.2. The molecule has 1 aliphatic heterocycles. The van der Waals surface area contributed by atoms with Crippen molar-refractivity contribution < 1.29 is 27.9 Å². The second-order valence-electron chi connectivity index (χ2n) is 9.11. The molecule has 1 amide bonds. The van der Waals surface area contributed by atoms with E-state index >= 15 is 0 Å². The summed E-state index contributed by atoms with van der Waals surface area (Å²) in [7, 11) is 0. The molecule has 12 heteroatoms. The van der Waals surface area contributed by atoms with Crippen molar-refractivity contribution in [1.82, 2.24) is 25.0 Å². The van der Waals surface area contributed by atoms with Crippen LogP contribution in [0.15, 0.2) is 42.0 Å². The zero-order valence-electron chi connectivity index (χ0n) is 20.1. The summed E-state index contributed by atoms with van der Waals surface area (Å²) in [5.41, 5.74) is 2.78. The SMILES string of the molecule is O=C(NCCc1cccs1)c1cnn2c1CN(CC1CCCC1)Cc1cccnc1-2.O=C(O)C(F)(F)F. The van der Waals surface area contributed by atoms with Crippen LogP contribution in [-0.2, 0) is 24.3 Å². The molecule has 3 aromatic rings. The fraction of sp³-hybridized carbons (Fsp3) is 0.440. The summed E-state index contributed by atoms with van der Waals surface area (Å²) in [5, 5.41) is 16.8. The zero-order chi connectivity index (χ0) is 26.4. The smallest absolute Gasteiger partial charge is 0.475 e. The van der Waals surface area contributed by atoms with E-state index in [0.29, 0.717) is 12.1 Å². The number of carboxylic acids is 1. The van der Waals surface area contributed by atoms with Gasteiger partial charge in [0.1, 0.15) is 0 Å². The first-order valence-corrected chi connectivity index (χ1v) is 12.9. The molecule has 0 atom stereocenters. The lowest BCUT2D eigenvalue weighted by Crippen LogP contribution is -2.30. The van der Waals surface area contributed by atoms with Crippen molar-refractivity contribution in [2.45, 2.75) is 51.4 Å². The number of pyridine rings is 1. The second kappa shape index (κ2) is 11.9. The summed E-state index contributed by atoms with van der Waals surface area (Å²) in [5.74, 6) is -1.21. The number of carboxylic acid groups (broad SMARTS) is 1. The summed E-state index contributed by atoms with van der Waals surface area (Å²) in [6.45, 7) is 3.27. The van der Waals surface area contributed by atoms with Crippen molar-refractivity contribution in [1.29, 1.82) is 0 Å². The third-order valence-electron chi connectivity index (χ3n) is 6.42. The van der Waals surface area contributed by atoms with Gasteiger partial charge in [0, 0.05) is 42.8 Å². The summed E-state index contributed by atoms with van der Waals surface area (Å²) in [6.07, 6.45) is 4.58. The molecule has 1 aliphatic carbocycles. The van der Waals surface area contributed by atoms with Crippen molar-refractivity contribution >= 4 is 23.2 Å². The van der Waals surface area contributed by atoms with Crippen LogP contribution in [0.1, 0.15) is 52.2 Å². The van der Waals surface area contributed by atoms with Gasteiger partial charge < -0.3 is 10.4 Å². The van der Waals surface area contributed by atoms with Crippen molar-refractivity contribution in [2.75, 3.05) is 13.1 Å². The number of amides is 1. The number of alkyl halides is 3. The van der Waals surface area contributed by atoms with E-state index in [2.05, 4.69) is 37.8 Å². The number of hydrogen-bond donors (Lipinski definition) is 2. The van der Waals surface area contributed by atoms with E-state index in [1.165, 1.54) is 36.1 Å². The topological polar surface area (TPSA) is 100 Å². The molecule has 2 aliphatic rings. The van der Waals surface area contributed by atoms with Gasteiger partial charge in [0.2, 0.25) is 0 Å². The number of carbonyl (C=O) groups is 2. The zero-order valence-corrected chi connectivity index (χ0v) is 20.9. The third-order valence-corrected chi connectivity index (χ3v) is 7.36. The lowest BCUT2D eigenvalue weighted by molar-refractivity contribution is -0.192. The number of nitrogens with zero attached hydrogens (tertiary/aromatic N) is 4. The van der Waals surface area contributed by atoms with Crippen LogP contribution in [0.3, 0.4) is 0 Å². The van der Waals surface area contributed by atoms with Gasteiger partial charge in [0.15, 0.2) is 5.82 Å². The first kappa shape index (κ1) is 26.8. The van der Waals surface area contributed by atoms with Gasteiger partial charge in [0.05, 0.1) is 17.5 Å². The fourth-order valence-electron chi connectivity index (χ4n) is 4.69. The summed E-state index contributed by atoms with van der Waals surface area (Å²) < 4.78 is 33.6. The first-order chi connectivity index (χ1) is 17.7. The van der Waals surface area contributed by atoms with Crippen LogP contribution in [0.5, 0.6) is 0 Å². The number of thiophene rings is 1. The van der Waals surface area contributed by atoms with Gasteiger partial charge in [0.25, 0.3) is 5.91 Å². The average Bonchev–Trinajstić information content (AvgIpc) is 3.61. The van der Waals surface area contributed by atoms with Crippen molar-refractivity contribution in [3.63, 3.8) is 0 Å². The molecule has 1 saturated carbocycles. The van der Waals surface area contributed by atoms with Gasteiger partial charge in [-0.3, -0.25) is 9.69 Å². The van der Waals surface area contributed by atoms with E-state index in [1.807, 2.05) is 16.8 Å². The van der Waals surface area contributed by atoms with Gasteiger partial charge in [-0.15, -0.1) is 11.3 Å². The van der Waals surface area contributed by atoms with Crippen LogP contribution in [0.2, 0.25) is 0 Å². The van der Waals surface area contributed by atoms with Gasteiger partial charge in [-0.05, 0) is 42.7 Å². The molecule has 1 fully saturated rings. The maximum Gasteiger partial charge on any atom is 0.490 e. The number of rotatable bonds is 6. The van der Waals surface area contributed by atoms with E-state index < -0.39 is 12.1 Å². The van der Waals surface area contributed by atoms with E-state index in [9.17, 15) is 18.0 Å². The quantitative estimate of drug-likeness (QED) is 0.484. The van der Waals surface area contributed by atoms with Crippen LogP contribution in [0.4, 0.5) is 13.2 Å². The lowest BCUT2D eigenvalue weighted by atomic mass is 10.1. The molecular formula is C25H28F3N5O3S. The van der Waals surface area contributed by atoms with Crippen LogP contribution >= 0.6 is 11.3 Å². The fourth-order valence-corrected chi connectivity index (χ4v) is 5.40. The van der Waals surface area contributed by atoms with Crippen LogP contribution in [0.25, 0.3) is 5.82 Å². The van der Waals surface area contributed by atoms with Crippen molar-refractivity contribution in [3.05, 3.63) is 63.7 Å². The lowest BCUT2D eigenvalue weighted by Gasteiger charge is -2.24. The molecule has 37 heavy (non-hydrogen) atoms. The largest absolute Gasteiger partial charge is 0.490 e. The molecular weight excluding hydrogens is 507 g/mol. The highest BCUT2D eigenvalue weighted by Gasteiger charge is 2.38. The molecule has 0 saturated heterocycles. The Hall–Kier alpha value is -3.25. The van der Waals surface area contributed by atoms with Crippen LogP contribution in [-0.4, -0.2) is 55.9 Å². The van der Waals surface area contributed by atoms with Crippen LogP contribution in [0, 0.1) is 5.92 Å². The molecule has 3 aromatic heterocycles. The minimum absolute atomic E-state index is 0.0481. The van der Waals surface area contributed by atoms with Crippen molar-refractivity contribution in [3.8, 4) is 5.82 Å². The highest BCUT2D eigenvalue weighted by Crippen LogP contribution is 2.29.